The molecule has 1 amide bonds. The van der Waals surface area contributed by atoms with Crippen molar-refractivity contribution >= 4 is 37.7 Å². The summed E-state index contributed by atoms with van der Waals surface area (Å²) in [5.74, 6) is -1.37. The minimum absolute atomic E-state index is 0.000637. The predicted molar refractivity (Wildman–Crippen MR) is 88.2 cm³/mol. The summed E-state index contributed by atoms with van der Waals surface area (Å²) in [7, 11) is -3.73. The van der Waals surface area contributed by atoms with Crippen molar-refractivity contribution in [1.29, 1.82) is 0 Å². The minimum atomic E-state index is -3.73. The summed E-state index contributed by atoms with van der Waals surface area (Å²) in [5, 5.41) is 11.2. The molecule has 0 aromatic carbocycles. The van der Waals surface area contributed by atoms with Gasteiger partial charge in [0.1, 0.15) is 16.1 Å². The van der Waals surface area contributed by atoms with Gasteiger partial charge in [0, 0.05) is 16.2 Å². The van der Waals surface area contributed by atoms with Gasteiger partial charge >= 0.3 is 6.09 Å². The van der Waals surface area contributed by atoms with E-state index in [-0.39, 0.29) is 11.4 Å². The zero-order valence-electron chi connectivity index (χ0n) is 12.7. The second kappa shape index (κ2) is 5.48. The number of hydrogen-bond donors (Lipinski definition) is 2. The molecule has 10 heteroatoms. The van der Waals surface area contributed by atoms with Crippen molar-refractivity contribution in [2.24, 2.45) is 4.99 Å². The van der Waals surface area contributed by atoms with Gasteiger partial charge in [-0.25, -0.2) is 18.2 Å². The fourth-order valence-electron chi connectivity index (χ4n) is 3.26. The number of aliphatic imine (C=N–C) groups is 1. The minimum Gasteiger partial charge on any atom is -0.465 e. The van der Waals surface area contributed by atoms with Crippen LogP contribution in [0.1, 0.15) is 31.7 Å². The largest absolute Gasteiger partial charge is 0.465 e. The first-order valence-corrected chi connectivity index (χ1v) is 9.68. The van der Waals surface area contributed by atoms with Gasteiger partial charge in [0.2, 0.25) is 5.95 Å². The lowest BCUT2D eigenvalue weighted by Crippen LogP contribution is -2.63. The molecule has 1 aliphatic heterocycles. The van der Waals surface area contributed by atoms with E-state index in [2.05, 4.69) is 31.2 Å². The Hall–Kier alpha value is -1.55. The summed E-state index contributed by atoms with van der Waals surface area (Å²) < 4.78 is 39.2. The van der Waals surface area contributed by atoms with Gasteiger partial charge in [0.25, 0.3) is 0 Å². The Kier molecular flexibility index (Phi) is 3.95. The summed E-state index contributed by atoms with van der Waals surface area (Å²) in [6.45, 7) is 1.46. The lowest BCUT2D eigenvalue weighted by Gasteiger charge is -2.47. The first-order chi connectivity index (χ1) is 11.1. The molecule has 1 aromatic rings. The summed E-state index contributed by atoms with van der Waals surface area (Å²) in [5.41, 5.74) is -1.46. The summed E-state index contributed by atoms with van der Waals surface area (Å²) in [4.78, 5) is 19.0. The molecule has 1 aromatic heterocycles. The quantitative estimate of drug-likeness (QED) is 0.678. The molecule has 2 aliphatic rings. The number of carboxylic acid groups (broad SMARTS) is 1. The van der Waals surface area contributed by atoms with E-state index in [0.29, 0.717) is 23.7 Å². The number of nitrogens with one attached hydrogen (secondary N) is 1. The number of amidine groups is 1. The third-order valence-electron chi connectivity index (χ3n) is 4.63. The topological polar surface area (TPSA) is 109 Å². The Bertz CT molecular complexity index is 854. The molecule has 1 saturated carbocycles. The number of carbonyl (C=O) groups is 1. The maximum atomic E-state index is 14.2. The van der Waals surface area contributed by atoms with Crippen molar-refractivity contribution in [3.63, 3.8) is 0 Å². The Labute approximate surface area is 146 Å². The van der Waals surface area contributed by atoms with Gasteiger partial charge in [0.15, 0.2) is 9.84 Å². The number of halogens is 2. The molecule has 7 nitrogen and oxygen atoms in total. The number of rotatable bonds is 1. The number of hydrogen-bond acceptors (Lipinski definition) is 5. The molecule has 24 heavy (non-hydrogen) atoms. The zero-order chi connectivity index (χ0) is 17.8. The Morgan fingerprint density at radius 2 is 2.12 bits per heavy atom. The van der Waals surface area contributed by atoms with E-state index in [1.165, 1.54) is 19.2 Å². The van der Waals surface area contributed by atoms with Gasteiger partial charge in [-0.2, -0.15) is 4.39 Å². The average Bonchev–Trinajstić information content (AvgIpc) is 2.37. The number of sulfone groups is 1. The third-order valence-corrected chi connectivity index (χ3v) is 7.80. The van der Waals surface area contributed by atoms with Crippen LogP contribution in [0, 0.1) is 5.95 Å². The molecule has 1 aliphatic carbocycles. The van der Waals surface area contributed by atoms with Crippen molar-refractivity contribution in [1.82, 2.24) is 10.3 Å². The molecule has 3 rings (SSSR count). The van der Waals surface area contributed by atoms with E-state index >= 15 is 0 Å². The standard InChI is InChI=1S/C14H15BrFN3O4S/c1-13(9-5-8(15)6-17-10(9)16)7-24(22,23)14(3-2-4-14)11(19-13)18-12(20)21/h5-6H,2-4,7H2,1H3,(H,18,19)(H,20,21). The first-order valence-electron chi connectivity index (χ1n) is 7.24. The SMILES string of the molecule is CC1(c2cc(Br)cnc2F)CS(=O)(=O)C2(CCC2)C(NC(=O)O)=N1. The van der Waals surface area contributed by atoms with Gasteiger partial charge in [0.05, 0.1) is 5.75 Å². The predicted octanol–water partition coefficient (Wildman–Crippen LogP) is 2.22. The fraction of sp³-hybridized carbons (Fsp3) is 0.500. The van der Waals surface area contributed by atoms with Crippen LogP contribution in [0.5, 0.6) is 0 Å². The maximum Gasteiger partial charge on any atom is 0.410 e. The van der Waals surface area contributed by atoms with Crippen LogP contribution in [-0.4, -0.2) is 40.9 Å². The summed E-state index contributed by atoms with van der Waals surface area (Å²) >= 11 is 3.18. The van der Waals surface area contributed by atoms with Crippen molar-refractivity contribution in [3.8, 4) is 0 Å². The van der Waals surface area contributed by atoms with E-state index in [4.69, 9.17) is 5.11 Å². The number of aromatic nitrogens is 1. The Morgan fingerprint density at radius 3 is 2.67 bits per heavy atom. The van der Waals surface area contributed by atoms with Crippen molar-refractivity contribution in [2.75, 3.05) is 5.75 Å². The monoisotopic (exact) mass is 419 g/mol. The molecular weight excluding hydrogens is 405 g/mol. The van der Waals surface area contributed by atoms with Crippen LogP contribution in [0.25, 0.3) is 0 Å². The molecule has 130 valence electrons. The molecule has 2 heterocycles. The number of pyridine rings is 1. The van der Waals surface area contributed by atoms with Crippen LogP contribution < -0.4 is 5.32 Å². The van der Waals surface area contributed by atoms with Crippen molar-refractivity contribution in [2.45, 2.75) is 36.5 Å². The van der Waals surface area contributed by atoms with Crippen LogP contribution in [0.3, 0.4) is 0 Å². The highest BCUT2D eigenvalue weighted by Gasteiger charge is 2.59. The highest BCUT2D eigenvalue weighted by atomic mass is 79.9. The van der Waals surface area contributed by atoms with Crippen molar-refractivity contribution in [3.05, 3.63) is 28.2 Å². The third kappa shape index (κ3) is 2.52. The molecular formula is C14H15BrFN3O4S. The van der Waals surface area contributed by atoms with Gasteiger partial charge in [-0.1, -0.05) is 0 Å². The second-order valence-electron chi connectivity index (χ2n) is 6.26. The van der Waals surface area contributed by atoms with Gasteiger partial charge in [-0.3, -0.25) is 10.3 Å². The fourth-order valence-corrected chi connectivity index (χ4v) is 6.13. The van der Waals surface area contributed by atoms with E-state index in [1.807, 2.05) is 0 Å². The van der Waals surface area contributed by atoms with Crippen molar-refractivity contribution < 1.29 is 22.7 Å². The highest BCUT2D eigenvalue weighted by Crippen LogP contribution is 2.47. The Balaban J connectivity index is 2.20. The lowest BCUT2D eigenvalue weighted by atomic mass is 9.82. The number of nitrogens with zero attached hydrogens (tertiary/aromatic N) is 2. The normalized spacial score (nSPS) is 27.2. The lowest BCUT2D eigenvalue weighted by molar-refractivity contribution is 0.199. The van der Waals surface area contributed by atoms with Crippen LogP contribution >= 0.6 is 15.9 Å². The first kappa shape index (κ1) is 17.3. The average molecular weight is 420 g/mol. The molecule has 0 radical (unpaired) electrons. The molecule has 0 bridgehead atoms. The maximum absolute atomic E-state index is 14.2. The van der Waals surface area contributed by atoms with E-state index in [9.17, 15) is 17.6 Å². The van der Waals surface area contributed by atoms with Crippen LogP contribution in [-0.2, 0) is 15.4 Å². The molecule has 2 N–H and O–H groups in total. The molecule has 1 fully saturated rings. The van der Waals surface area contributed by atoms with Crippen LogP contribution in [0.2, 0.25) is 0 Å². The molecule has 0 saturated heterocycles. The zero-order valence-corrected chi connectivity index (χ0v) is 15.1. The second-order valence-corrected chi connectivity index (χ2v) is 9.48. The summed E-state index contributed by atoms with van der Waals surface area (Å²) in [6, 6.07) is 1.42. The van der Waals surface area contributed by atoms with Crippen LogP contribution in [0.15, 0.2) is 21.7 Å². The molecule has 1 spiro atoms. The molecule has 1 atom stereocenters. The summed E-state index contributed by atoms with van der Waals surface area (Å²) in [6.07, 6.45) is 1.15. The van der Waals surface area contributed by atoms with E-state index in [0.717, 1.165) is 0 Å². The van der Waals surface area contributed by atoms with Crippen LogP contribution in [0.4, 0.5) is 9.18 Å². The van der Waals surface area contributed by atoms with E-state index < -0.39 is 37.9 Å². The van der Waals surface area contributed by atoms with Gasteiger partial charge < -0.3 is 5.11 Å². The van der Waals surface area contributed by atoms with Gasteiger partial charge in [-0.05, 0) is 48.2 Å². The highest BCUT2D eigenvalue weighted by molar-refractivity contribution is 9.10. The van der Waals surface area contributed by atoms with E-state index in [1.54, 1.807) is 0 Å². The Morgan fingerprint density at radius 1 is 1.46 bits per heavy atom. The molecule has 1 unspecified atom stereocenters. The number of amides is 1. The van der Waals surface area contributed by atoms with Gasteiger partial charge in [-0.15, -0.1) is 0 Å². The smallest absolute Gasteiger partial charge is 0.410 e.